The van der Waals surface area contributed by atoms with Gasteiger partial charge in [0.25, 0.3) is 0 Å². The van der Waals surface area contributed by atoms with E-state index in [1.165, 1.54) is 12.8 Å². The van der Waals surface area contributed by atoms with Crippen molar-refractivity contribution >= 4 is 11.8 Å². The zero-order valence-electron chi connectivity index (χ0n) is 11.0. The third-order valence-electron chi connectivity index (χ3n) is 2.43. The summed E-state index contributed by atoms with van der Waals surface area (Å²) in [6.07, 6.45) is 3.56. The van der Waals surface area contributed by atoms with Gasteiger partial charge >= 0.3 is 0 Å². The molecule has 98 valence electrons. The van der Waals surface area contributed by atoms with Gasteiger partial charge < -0.3 is 5.32 Å². The van der Waals surface area contributed by atoms with Gasteiger partial charge in [0.1, 0.15) is 0 Å². The molecule has 6 heteroatoms. The van der Waals surface area contributed by atoms with Gasteiger partial charge in [0.2, 0.25) is 5.16 Å². The lowest BCUT2D eigenvalue weighted by atomic mass is 10.3. The molecule has 0 aliphatic carbocycles. The summed E-state index contributed by atoms with van der Waals surface area (Å²) in [4.78, 5) is 0. The zero-order chi connectivity index (χ0) is 12.5. The molecule has 0 spiro atoms. The van der Waals surface area contributed by atoms with Gasteiger partial charge in [-0.25, -0.2) is 4.68 Å². The van der Waals surface area contributed by atoms with Crippen molar-refractivity contribution < 1.29 is 0 Å². The van der Waals surface area contributed by atoms with Gasteiger partial charge in [-0.15, -0.1) is 5.10 Å². The monoisotopic (exact) mass is 257 g/mol. The highest BCUT2D eigenvalue weighted by Gasteiger charge is 2.10. The van der Waals surface area contributed by atoms with Gasteiger partial charge in [-0.3, -0.25) is 0 Å². The molecular formula is C11H23N5S. The molecule has 0 saturated carbocycles. The Morgan fingerprint density at radius 1 is 1.29 bits per heavy atom. The zero-order valence-corrected chi connectivity index (χ0v) is 11.8. The van der Waals surface area contributed by atoms with Crippen molar-refractivity contribution in [2.45, 2.75) is 57.0 Å². The van der Waals surface area contributed by atoms with E-state index >= 15 is 0 Å². The lowest BCUT2D eigenvalue weighted by Crippen LogP contribution is -2.21. The minimum atomic E-state index is 0.577. The third-order valence-corrected chi connectivity index (χ3v) is 3.57. The highest BCUT2D eigenvalue weighted by Crippen LogP contribution is 2.22. The van der Waals surface area contributed by atoms with Crippen molar-refractivity contribution in [2.24, 2.45) is 0 Å². The van der Waals surface area contributed by atoms with Crippen LogP contribution < -0.4 is 5.32 Å². The third kappa shape index (κ3) is 5.50. The Morgan fingerprint density at radius 3 is 2.82 bits per heavy atom. The summed E-state index contributed by atoms with van der Waals surface area (Å²) in [6.45, 7) is 9.41. The molecule has 0 aliphatic rings. The van der Waals surface area contributed by atoms with E-state index in [1.54, 1.807) is 11.8 Å². The Morgan fingerprint density at radius 2 is 2.12 bits per heavy atom. The first-order valence-corrected chi connectivity index (χ1v) is 7.29. The molecular weight excluding hydrogens is 234 g/mol. The summed E-state index contributed by atoms with van der Waals surface area (Å²) in [5.74, 6) is 0. The molecule has 1 unspecified atom stereocenters. The molecule has 17 heavy (non-hydrogen) atoms. The quantitative estimate of drug-likeness (QED) is 0.541. The summed E-state index contributed by atoms with van der Waals surface area (Å²) < 4.78 is 1.89. The second-order valence-corrected chi connectivity index (χ2v) is 5.56. The van der Waals surface area contributed by atoms with Crippen LogP contribution in [-0.4, -0.2) is 38.5 Å². The van der Waals surface area contributed by atoms with E-state index in [1.807, 2.05) is 4.68 Å². The van der Waals surface area contributed by atoms with E-state index in [9.17, 15) is 0 Å². The van der Waals surface area contributed by atoms with E-state index in [4.69, 9.17) is 0 Å². The van der Waals surface area contributed by atoms with Crippen LogP contribution in [0.1, 0.15) is 40.0 Å². The van der Waals surface area contributed by atoms with Crippen molar-refractivity contribution in [2.75, 3.05) is 13.1 Å². The van der Waals surface area contributed by atoms with Gasteiger partial charge in [-0.05, 0) is 29.8 Å². The largest absolute Gasteiger partial charge is 0.315 e. The highest BCUT2D eigenvalue weighted by molar-refractivity contribution is 7.99. The van der Waals surface area contributed by atoms with Crippen LogP contribution >= 0.6 is 11.8 Å². The number of hydrogen-bond donors (Lipinski definition) is 1. The molecule has 0 amide bonds. The fraction of sp³-hybridized carbons (Fsp3) is 0.909. The number of thioether (sulfide) groups is 1. The van der Waals surface area contributed by atoms with E-state index < -0.39 is 0 Å². The van der Waals surface area contributed by atoms with Crippen molar-refractivity contribution in [1.82, 2.24) is 25.5 Å². The van der Waals surface area contributed by atoms with Gasteiger partial charge in [-0.2, -0.15) is 0 Å². The molecule has 0 fully saturated rings. The van der Waals surface area contributed by atoms with Gasteiger partial charge in [-0.1, -0.05) is 39.0 Å². The van der Waals surface area contributed by atoms with Crippen LogP contribution in [0.2, 0.25) is 0 Å². The maximum atomic E-state index is 4.07. The number of rotatable bonds is 9. The van der Waals surface area contributed by atoms with Crippen LogP contribution in [0.15, 0.2) is 5.16 Å². The van der Waals surface area contributed by atoms with E-state index in [2.05, 4.69) is 41.6 Å². The lowest BCUT2D eigenvalue weighted by Gasteiger charge is -2.09. The normalized spacial score (nSPS) is 12.9. The second-order valence-electron chi connectivity index (χ2n) is 4.15. The molecule has 1 aromatic heterocycles. The Hall–Kier alpha value is -0.620. The van der Waals surface area contributed by atoms with Crippen LogP contribution in [0.25, 0.3) is 0 Å². The van der Waals surface area contributed by atoms with E-state index in [-0.39, 0.29) is 0 Å². The molecule has 1 rings (SSSR count). The molecule has 0 aliphatic heterocycles. The Bertz CT molecular complexity index is 302. The molecule has 1 heterocycles. The molecule has 0 radical (unpaired) electrons. The number of hydrogen-bond acceptors (Lipinski definition) is 5. The Kier molecular flexibility index (Phi) is 7.19. The van der Waals surface area contributed by atoms with Gasteiger partial charge in [0.05, 0.1) is 6.54 Å². The highest BCUT2D eigenvalue weighted by atomic mass is 32.2. The summed E-state index contributed by atoms with van der Waals surface area (Å²) in [5, 5.41) is 16.7. The van der Waals surface area contributed by atoms with Crippen LogP contribution in [0, 0.1) is 0 Å². The first kappa shape index (κ1) is 14.4. The Labute approximate surface area is 108 Å². The van der Waals surface area contributed by atoms with Crippen LogP contribution in [0.3, 0.4) is 0 Å². The average molecular weight is 257 g/mol. The van der Waals surface area contributed by atoms with Crippen molar-refractivity contribution in [3.05, 3.63) is 0 Å². The van der Waals surface area contributed by atoms with Crippen LogP contribution in [0.4, 0.5) is 0 Å². The summed E-state index contributed by atoms with van der Waals surface area (Å²) >= 11 is 1.76. The van der Waals surface area contributed by atoms with E-state index in [0.29, 0.717) is 5.25 Å². The molecule has 0 bridgehead atoms. The first-order valence-electron chi connectivity index (χ1n) is 6.41. The van der Waals surface area contributed by atoms with Gasteiger partial charge in [0, 0.05) is 11.8 Å². The maximum Gasteiger partial charge on any atom is 0.209 e. The average Bonchev–Trinajstić information content (AvgIpc) is 2.72. The van der Waals surface area contributed by atoms with Crippen LogP contribution in [-0.2, 0) is 6.54 Å². The second kappa shape index (κ2) is 8.47. The predicted octanol–water partition coefficient (Wildman–Crippen LogP) is 1.95. The van der Waals surface area contributed by atoms with Crippen LogP contribution in [0.5, 0.6) is 0 Å². The molecule has 0 aromatic carbocycles. The topological polar surface area (TPSA) is 55.6 Å². The summed E-state index contributed by atoms with van der Waals surface area (Å²) in [6, 6.07) is 0. The summed E-state index contributed by atoms with van der Waals surface area (Å²) in [5.41, 5.74) is 0. The maximum absolute atomic E-state index is 4.07. The number of nitrogens with zero attached hydrogens (tertiary/aromatic N) is 4. The SMILES string of the molecule is CCCNCCn1nnnc1SC(C)CCC. The molecule has 5 nitrogen and oxygen atoms in total. The Balaban J connectivity index is 2.37. The standard InChI is InChI=1S/C11H23N5S/c1-4-6-10(3)17-11-13-14-15-16(11)9-8-12-7-5-2/h10,12H,4-9H2,1-3H3. The predicted molar refractivity (Wildman–Crippen MR) is 71.2 cm³/mol. The molecule has 0 saturated heterocycles. The van der Waals surface area contributed by atoms with Crippen molar-refractivity contribution in [3.8, 4) is 0 Å². The summed E-state index contributed by atoms with van der Waals surface area (Å²) in [7, 11) is 0. The fourth-order valence-electron chi connectivity index (χ4n) is 1.55. The molecule has 1 aromatic rings. The number of aromatic nitrogens is 4. The van der Waals surface area contributed by atoms with E-state index in [0.717, 1.165) is 31.2 Å². The fourth-order valence-corrected chi connectivity index (χ4v) is 2.60. The number of tetrazole rings is 1. The lowest BCUT2D eigenvalue weighted by molar-refractivity contribution is 0.510. The number of nitrogens with one attached hydrogen (secondary N) is 1. The first-order chi connectivity index (χ1) is 8.27. The van der Waals surface area contributed by atoms with Crippen molar-refractivity contribution in [1.29, 1.82) is 0 Å². The smallest absolute Gasteiger partial charge is 0.209 e. The van der Waals surface area contributed by atoms with Crippen molar-refractivity contribution in [3.63, 3.8) is 0 Å². The minimum Gasteiger partial charge on any atom is -0.315 e. The molecule has 1 N–H and O–H groups in total. The minimum absolute atomic E-state index is 0.577. The van der Waals surface area contributed by atoms with Gasteiger partial charge in [0.15, 0.2) is 0 Å². The molecule has 1 atom stereocenters.